The van der Waals surface area contributed by atoms with Gasteiger partial charge in [0.2, 0.25) is 5.91 Å². The highest BCUT2D eigenvalue weighted by Gasteiger charge is 2.10. The number of aromatic nitrogens is 3. The number of thioether (sulfide) groups is 1. The number of para-hydroxylation sites is 1. The van der Waals surface area contributed by atoms with Gasteiger partial charge in [-0.2, -0.15) is 0 Å². The Kier molecular flexibility index (Phi) is 4.49. The van der Waals surface area contributed by atoms with Crippen LogP contribution in [-0.2, 0) is 4.79 Å². The Morgan fingerprint density at radius 1 is 1.12 bits per heavy atom. The molecule has 4 rings (SSSR count). The van der Waals surface area contributed by atoms with Gasteiger partial charge in [-0.15, -0.1) is 0 Å². The molecule has 0 fully saturated rings. The molecule has 0 saturated carbocycles. The zero-order valence-corrected chi connectivity index (χ0v) is 14.7. The van der Waals surface area contributed by atoms with E-state index in [0.717, 1.165) is 26.6 Å². The minimum Gasteiger partial charge on any atom is -0.333 e. The summed E-state index contributed by atoms with van der Waals surface area (Å²) in [6, 6.07) is 17.8. The summed E-state index contributed by atoms with van der Waals surface area (Å²) in [5, 5.41) is 4.19. The zero-order valence-electron chi connectivity index (χ0n) is 13.1. The maximum Gasteiger partial charge on any atom is 0.236 e. The SMILES string of the molecule is O=C(CSc1ncc(-c2ccccc2)[nH]1)Nc1nc2ccccc2s1. The van der Waals surface area contributed by atoms with Crippen molar-refractivity contribution in [3.63, 3.8) is 0 Å². The van der Waals surface area contributed by atoms with Gasteiger partial charge in [0.25, 0.3) is 0 Å². The molecule has 1 amide bonds. The number of rotatable bonds is 5. The van der Waals surface area contributed by atoms with Crippen LogP contribution in [0.5, 0.6) is 0 Å². The highest BCUT2D eigenvalue weighted by molar-refractivity contribution is 7.99. The first-order valence-electron chi connectivity index (χ1n) is 7.66. The molecule has 7 heteroatoms. The van der Waals surface area contributed by atoms with Gasteiger partial charge in [0, 0.05) is 0 Å². The molecule has 0 aliphatic heterocycles. The highest BCUT2D eigenvalue weighted by Crippen LogP contribution is 2.26. The van der Waals surface area contributed by atoms with Crippen LogP contribution in [0.3, 0.4) is 0 Å². The van der Waals surface area contributed by atoms with Gasteiger partial charge in [-0.05, 0) is 17.7 Å². The molecule has 25 heavy (non-hydrogen) atoms. The Labute approximate surface area is 152 Å². The first-order chi connectivity index (χ1) is 12.3. The van der Waals surface area contributed by atoms with Crippen LogP contribution in [0.1, 0.15) is 0 Å². The zero-order chi connectivity index (χ0) is 17.1. The molecule has 0 radical (unpaired) electrons. The van der Waals surface area contributed by atoms with Gasteiger partial charge in [0.05, 0.1) is 27.9 Å². The number of hydrogen-bond donors (Lipinski definition) is 2. The van der Waals surface area contributed by atoms with Crippen molar-refractivity contribution in [3.8, 4) is 11.3 Å². The van der Waals surface area contributed by atoms with Crippen molar-refractivity contribution in [2.24, 2.45) is 0 Å². The molecule has 4 aromatic rings. The lowest BCUT2D eigenvalue weighted by Crippen LogP contribution is -2.13. The second-order valence-electron chi connectivity index (χ2n) is 5.29. The lowest BCUT2D eigenvalue weighted by atomic mass is 10.2. The van der Waals surface area contributed by atoms with Crippen LogP contribution in [0, 0.1) is 0 Å². The normalized spacial score (nSPS) is 10.9. The summed E-state index contributed by atoms with van der Waals surface area (Å²) in [5.41, 5.74) is 2.91. The Balaban J connectivity index is 1.36. The van der Waals surface area contributed by atoms with Gasteiger partial charge < -0.3 is 10.3 Å². The molecule has 2 aromatic heterocycles. The number of H-pyrrole nitrogens is 1. The summed E-state index contributed by atoms with van der Waals surface area (Å²) >= 11 is 2.84. The molecule has 0 unspecified atom stereocenters. The molecule has 0 aliphatic rings. The van der Waals surface area contributed by atoms with Crippen LogP contribution in [0.4, 0.5) is 5.13 Å². The number of imidazole rings is 1. The molecule has 2 N–H and O–H groups in total. The number of carbonyl (C=O) groups excluding carboxylic acids is 1. The van der Waals surface area contributed by atoms with E-state index >= 15 is 0 Å². The van der Waals surface area contributed by atoms with E-state index in [-0.39, 0.29) is 11.7 Å². The molecule has 0 bridgehead atoms. The number of anilines is 1. The molecule has 2 heterocycles. The van der Waals surface area contributed by atoms with Crippen molar-refractivity contribution in [3.05, 3.63) is 60.8 Å². The third kappa shape index (κ3) is 3.72. The quantitative estimate of drug-likeness (QED) is 0.513. The standard InChI is InChI=1S/C18H14N4OS2/c23-16(22-18-20-13-8-4-5-9-15(13)25-18)11-24-17-19-10-14(21-17)12-6-2-1-3-7-12/h1-10H,11H2,(H,19,21)(H,20,22,23). The van der Waals surface area contributed by atoms with Crippen molar-refractivity contribution < 1.29 is 4.79 Å². The fourth-order valence-corrected chi connectivity index (χ4v) is 3.89. The van der Waals surface area contributed by atoms with Gasteiger partial charge in [0.15, 0.2) is 10.3 Å². The van der Waals surface area contributed by atoms with E-state index in [9.17, 15) is 4.79 Å². The van der Waals surface area contributed by atoms with Crippen LogP contribution in [0.15, 0.2) is 66.0 Å². The number of benzene rings is 2. The van der Waals surface area contributed by atoms with E-state index in [4.69, 9.17) is 0 Å². The molecular formula is C18H14N4OS2. The average molecular weight is 366 g/mol. The van der Waals surface area contributed by atoms with Gasteiger partial charge in [0.1, 0.15) is 0 Å². The number of amides is 1. The van der Waals surface area contributed by atoms with E-state index in [0.29, 0.717) is 5.13 Å². The lowest BCUT2D eigenvalue weighted by molar-refractivity contribution is -0.113. The van der Waals surface area contributed by atoms with Crippen LogP contribution in [0.25, 0.3) is 21.5 Å². The van der Waals surface area contributed by atoms with Crippen LogP contribution >= 0.6 is 23.1 Å². The molecule has 124 valence electrons. The van der Waals surface area contributed by atoms with Gasteiger partial charge in [-0.1, -0.05) is 65.6 Å². The number of nitrogens with zero attached hydrogens (tertiary/aromatic N) is 2. The number of carbonyl (C=O) groups is 1. The molecule has 0 aliphatic carbocycles. The molecular weight excluding hydrogens is 352 g/mol. The Morgan fingerprint density at radius 3 is 2.76 bits per heavy atom. The second-order valence-corrected chi connectivity index (χ2v) is 7.29. The number of hydrogen-bond acceptors (Lipinski definition) is 5. The van der Waals surface area contributed by atoms with Crippen molar-refractivity contribution >= 4 is 44.4 Å². The summed E-state index contributed by atoms with van der Waals surface area (Å²) in [4.78, 5) is 24.1. The number of thiazole rings is 1. The van der Waals surface area contributed by atoms with Crippen LogP contribution in [-0.4, -0.2) is 26.6 Å². The molecule has 0 atom stereocenters. The summed E-state index contributed by atoms with van der Waals surface area (Å²) in [5.74, 6) is 0.180. The minimum absolute atomic E-state index is 0.0956. The van der Waals surface area contributed by atoms with E-state index < -0.39 is 0 Å². The largest absolute Gasteiger partial charge is 0.333 e. The lowest BCUT2D eigenvalue weighted by Gasteiger charge is -2.00. The fraction of sp³-hybridized carbons (Fsp3) is 0.0556. The van der Waals surface area contributed by atoms with E-state index in [2.05, 4.69) is 20.3 Å². The first kappa shape index (κ1) is 15.9. The highest BCUT2D eigenvalue weighted by atomic mass is 32.2. The average Bonchev–Trinajstić information content (AvgIpc) is 3.27. The summed E-state index contributed by atoms with van der Waals surface area (Å²) in [6.07, 6.45) is 1.78. The summed E-state index contributed by atoms with van der Waals surface area (Å²) in [7, 11) is 0. The van der Waals surface area contributed by atoms with Crippen molar-refractivity contribution in [2.75, 3.05) is 11.1 Å². The smallest absolute Gasteiger partial charge is 0.236 e. The number of fused-ring (bicyclic) bond motifs is 1. The topological polar surface area (TPSA) is 70.7 Å². The van der Waals surface area contributed by atoms with Crippen LogP contribution in [0.2, 0.25) is 0 Å². The Morgan fingerprint density at radius 2 is 1.92 bits per heavy atom. The van der Waals surface area contributed by atoms with E-state index in [1.807, 2.05) is 54.6 Å². The van der Waals surface area contributed by atoms with Crippen LogP contribution < -0.4 is 5.32 Å². The number of nitrogens with one attached hydrogen (secondary N) is 2. The fourth-order valence-electron chi connectivity index (χ4n) is 2.36. The van der Waals surface area contributed by atoms with Crippen molar-refractivity contribution in [2.45, 2.75) is 5.16 Å². The first-order valence-corrected chi connectivity index (χ1v) is 9.47. The molecule has 0 spiro atoms. The van der Waals surface area contributed by atoms with Gasteiger partial charge >= 0.3 is 0 Å². The van der Waals surface area contributed by atoms with E-state index in [1.54, 1.807) is 6.20 Å². The maximum atomic E-state index is 12.1. The third-order valence-corrected chi connectivity index (χ3v) is 5.36. The second kappa shape index (κ2) is 7.08. The van der Waals surface area contributed by atoms with Gasteiger partial charge in [-0.25, -0.2) is 9.97 Å². The molecule has 2 aromatic carbocycles. The minimum atomic E-state index is -0.0956. The van der Waals surface area contributed by atoms with Crippen molar-refractivity contribution in [1.82, 2.24) is 15.0 Å². The third-order valence-electron chi connectivity index (χ3n) is 3.52. The Bertz CT molecular complexity index is 977. The van der Waals surface area contributed by atoms with E-state index in [1.165, 1.54) is 23.1 Å². The predicted octanol–water partition coefficient (Wildman–Crippen LogP) is 4.42. The summed E-state index contributed by atoms with van der Waals surface area (Å²) in [6.45, 7) is 0. The molecule has 5 nitrogen and oxygen atoms in total. The van der Waals surface area contributed by atoms with Gasteiger partial charge in [-0.3, -0.25) is 4.79 Å². The summed E-state index contributed by atoms with van der Waals surface area (Å²) < 4.78 is 1.06. The van der Waals surface area contributed by atoms with Crippen molar-refractivity contribution in [1.29, 1.82) is 0 Å². The monoisotopic (exact) mass is 366 g/mol. The maximum absolute atomic E-state index is 12.1. The Hall–Kier alpha value is -2.64. The molecule has 0 saturated heterocycles. The number of aromatic amines is 1. The predicted molar refractivity (Wildman–Crippen MR) is 103 cm³/mol.